The molecule has 164 valence electrons. The van der Waals surface area contributed by atoms with Gasteiger partial charge in [0.2, 0.25) is 5.88 Å². The Hall–Kier alpha value is -2.29. The molecule has 3 rings (SSSR count). The molecule has 0 saturated heterocycles. The number of pyridine rings is 1. The summed E-state index contributed by atoms with van der Waals surface area (Å²) < 4.78 is 49.8. The van der Waals surface area contributed by atoms with Gasteiger partial charge in [-0.2, -0.15) is 13.2 Å². The van der Waals surface area contributed by atoms with Crippen LogP contribution in [0.4, 0.5) is 13.2 Å². The molecular weight excluding hydrogens is 423 g/mol. The molecule has 1 aliphatic rings. The molecule has 6 nitrogen and oxygen atoms in total. The van der Waals surface area contributed by atoms with E-state index in [1.54, 1.807) is 39.1 Å². The Morgan fingerprint density at radius 2 is 2.00 bits per heavy atom. The molecule has 0 aliphatic heterocycles. The molecule has 0 bridgehead atoms. The highest BCUT2D eigenvalue weighted by Gasteiger charge is 2.54. The molecule has 0 aromatic carbocycles. The van der Waals surface area contributed by atoms with Gasteiger partial charge in [0, 0.05) is 12.3 Å². The maximum absolute atomic E-state index is 12.5. The van der Waals surface area contributed by atoms with E-state index >= 15 is 0 Å². The predicted octanol–water partition coefficient (Wildman–Crippen LogP) is 5.23. The van der Waals surface area contributed by atoms with Crippen molar-refractivity contribution in [1.82, 2.24) is 14.8 Å². The molecule has 0 spiro atoms. The summed E-state index contributed by atoms with van der Waals surface area (Å²) in [5, 5.41) is 4.21. The van der Waals surface area contributed by atoms with Crippen molar-refractivity contribution in [1.29, 1.82) is 0 Å². The number of carbonyl (C=O) groups is 1. The van der Waals surface area contributed by atoms with E-state index in [2.05, 4.69) is 10.1 Å². The van der Waals surface area contributed by atoms with Crippen molar-refractivity contribution in [3.8, 4) is 11.7 Å². The van der Waals surface area contributed by atoms with Crippen LogP contribution in [0.1, 0.15) is 50.4 Å². The highest BCUT2D eigenvalue weighted by Crippen LogP contribution is 2.52. The molecule has 10 heteroatoms. The fourth-order valence-corrected chi connectivity index (χ4v) is 3.27. The molecule has 2 heterocycles. The zero-order valence-corrected chi connectivity index (χ0v) is 17.6. The van der Waals surface area contributed by atoms with E-state index in [-0.39, 0.29) is 29.7 Å². The third-order valence-electron chi connectivity index (χ3n) is 4.56. The molecule has 2 aromatic heterocycles. The number of hydrogen-bond donors (Lipinski definition) is 0. The Balaban J connectivity index is 1.52. The Morgan fingerprint density at radius 3 is 2.60 bits per heavy atom. The van der Waals surface area contributed by atoms with Gasteiger partial charge in [-0.25, -0.2) is 14.5 Å². The molecule has 2 unspecified atom stereocenters. The van der Waals surface area contributed by atoms with Gasteiger partial charge in [0.15, 0.2) is 5.82 Å². The lowest BCUT2D eigenvalue weighted by molar-refractivity contribution is -0.151. The minimum Gasteiger partial charge on any atom is -0.477 e. The topological polar surface area (TPSA) is 66.2 Å². The molecule has 30 heavy (non-hydrogen) atoms. The summed E-state index contributed by atoms with van der Waals surface area (Å²) in [6, 6.07) is 4.70. The Morgan fingerprint density at radius 1 is 1.27 bits per heavy atom. The summed E-state index contributed by atoms with van der Waals surface area (Å²) in [6.45, 7) is 5.55. The summed E-state index contributed by atoms with van der Waals surface area (Å²) in [7, 11) is 0. The fraction of sp³-hybridized carbons (Fsp3) is 0.550. The first-order valence-corrected chi connectivity index (χ1v) is 9.97. The largest absolute Gasteiger partial charge is 0.477 e. The van der Waals surface area contributed by atoms with Gasteiger partial charge in [0.1, 0.15) is 10.8 Å². The summed E-state index contributed by atoms with van der Waals surface area (Å²) in [4.78, 5) is 16.3. The van der Waals surface area contributed by atoms with Gasteiger partial charge < -0.3 is 9.47 Å². The maximum atomic E-state index is 12.5. The second kappa shape index (κ2) is 8.45. The van der Waals surface area contributed by atoms with Crippen molar-refractivity contribution in [3.05, 3.63) is 35.1 Å². The minimum absolute atomic E-state index is 0.0108. The van der Waals surface area contributed by atoms with Crippen LogP contribution in [0.2, 0.25) is 5.15 Å². The number of aromatic nitrogens is 3. The molecule has 0 amide bonds. The van der Waals surface area contributed by atoms with Crippen molar-refractivity contribution in [2.45, 2.75) is 51.8 Å². The number of halogens is 4. The van der Waals surface area contributed by atoms with Crippen LogP contribution in [0.15, 0.2) is 24.4 Å². The van der Waals surface area contributed by atoms with E-state index in [1.807, 2.05) is 0 Å². The smallest absolute Gasteiger partial charge is 0.392 e. The van der Waals surface area contributed by atoms with E-state index in [9.17, 15) is 18.0 Å². The number of rotatable bonds is 7. The zero-order chi connectivity index (χ0) is 22.1. The van der Waals surface area contributed by atoms with Gasteiger partial charge in [-0.15, -0.1) is 5.10 Å². The molecule has 1 saturated carbocycles. The predicted molar refractivity (Wildman–Crippen MR) is 104 cm³/mol. The quantitative estimate of drug-likeness (QED) is 0.331. The van der Waals surface area contributed by atoms with Crippen LogP contribution >= 0.6 is 11.6 Å². The van der Waals surface area contributed by atoms with Gasteiger partial charge in [-0.1, -0.05) is 11.6 Å². The number of carbonyl (C=O) groups excluding carboxylic acids is 1. The van der Waals surface area contributed by atoms with Gasteiger partial charge in [-0.3, -0.25) is 0 Å². The van der Waals surface area contributed by atoms with E-state index < -0.39 is 23.7 Å². The maximum Gasteiger partial charge on any atom is 0.392 e. The zero-order valence-electron chi connectivity index (χ0n) is 16.9. The van der Waals surface area contributed by atoms with E-state index in [1.165, 1.54) is 10.7 Å². The van der Waals surface area contributed by atoms with Crippen LogP contribution in [0.5, 0.6) is 5.88 Å². The van der Waals surface area contributed by atoms with Crippen LogP contribution in [0, 0.1) is 11.8 Å². The fourth-order valence-electron chi connectivity index (χ4n) is 3.04. The Labute approximate surface area is 177 Å². The molecule has 0 N–H and O–H groups in total. The van der Waals surface area contributed by atoms with Crippen molar-refractivity contribution >= 4 is 17.6 Å². The van der Waals surface area contributed by atoms with E-state index in [0.29, 0.717) is 24.5 Å². The van der Waals surface area contributed by atoms with Gasteiger partial charge in [0.25, 0.3) is 0 Å². The third kappa shape index (κ3) is 5.87. The molecule has 1 fully saturated rings. The number of ether oxygens (including phenoxy) is 2. The monoisotopic (exact) mass is 445 g/mol. The second-order valence-electron chi connectivity index (χ2n) is 8.24. The lowest BCUT2D eigenvalue weighted by atomic mass is 10.2. The molecule has 2 aromatic rings. The standard InChI is InChI=1S/C20H23ClF3N3O3/c1-19(2,3)30-18(28)13-6-7-15(25-17(13)21)27-9-8-16(26-27)29-10-4-5-12-11-14(12)20(22,23)24/h6-9,12,14H,4-5,10-11H2,1-3H3. The van der Waals surface area contributed by atoms with Crippen molar-refractivity contribution < 1.29 is 27.4 Å². The first kappa shape index (κ1) is 22.4. The van der Waals surface area contributed by atoms with Gasteiger partial charge >= 0.3 is 12.1 Å². The lowest BCUT2D eigenvalue weighted by Crippen LogP contribution is -2.24. The van der Waals surface area contributed by atoms with Crippen molar-refractivity contribution in [2.24, 2.45) is 11.8 Å². The molecule has 0 radical (unpaired) electrons. The normalized spacial score (nSPS) is 18.9. The summed E-state index contributed by atoms with van der Waals surface area (Å²) >= 11 is 6.13. The third-order valence-corrected chi connectivity index (χ3v) is 4.85. The highest BCUT2D eigenvalue weighted by atomic mass is 35.5. The first-order valence-electron chi connectivity index (χ1n) is 9.59. The summed E-state index contributed by atoms with van der Waals surface area (Å²) in [6.07, 6.45) is -1.25. The lowest BCUT2D eigenvalue weighted by Gasteiger charge is -2.19. The van der Waals surface area contributed by atoms with Crippen molar-refractivity contribution in [3.63, 3.8) is 0 Å². The van der Waals surface area contributed by atoms with E-state index in [0.717, 1.165) is 0 Å². The van der Waals surface area contributed by atoms with Crippen LogP contribution in [0.3, 0.4) is 0 Å². The number of alkyl halides is 3. The van der Waals surface area contributed by atoms with E-state index in [4.69, 9.17) is 21.1 Å². The van der Waals surface area contributed by atoms with Gasteiger partial charge in [-0.05, 0) is 58.1 Å². The second-order valence-corrected chi connectivity index (χ2v) is 8.60. The van der Waals surface area contributed by atoms with Crippen LogP contribution in [0.25, 0.3) is 5.82 Å². The van der Waals surface area contributed by atoms with Crippen molar-refractivity contribution in [2.75, 3.05) is 6.61 Å². The molecule has 2 atom stereocenters. The average Bonchev–Trinajstić information content (AvgIpc) is 3.26. The number of nitrogens with zero attached hydrogens (tertiary/aromatic N) is 3. The SMILES string of the molecule is CC(C)(C)OC(=O)c1ccc(-n2ccc(OCCCC3CC3C(F)(F)F)n2)nc1Cl. The van der Waals surface area contributed by atoms with Gasteiger partial charge in [0.05, 0.1) is 18.1 Å². The first-order chi connectivity index (χ1) is 13.9. The average molecular weight is 446 g/mol. The summed E-state index contributed by atoms with van der Waals surface area (Å²) in [5.41, 5.74) is -0.503. The Kier molecular flexibility index (Phi) is 6.31. The van der Waals surface area contributed by atoms with Crippen LogP contribution in [-0.4, -0.2) is 39.1 Å². The van der Waals surface area contributed by atoms with Crippen LogP contribution < -0.4 is 4.74 Å². The highest BCUT2D eigenvalue weighted by molar-refractivity contribution is 6.32. The minimum atomic E-state index is -4.09. The summed E-state index contributed by atoms with van der Waals surface area (Å²) in [5.74, 6) is -1.31. The Bertz CT molecular complexity index is 909. The van der Waals surface area contributed by atoms with Crippen LogP contribution in [-0.2, 0) is 4.74 Å². The number of hydrogen-bond acceptors (Lipinski definition) is 5. The number of esters is 1. The molecular formula is C20H23ClF3N3O3. The molecule has 1 aliphatic carbocycles.